The molecule has 4 atom stereocenters. The third kappa shape index (κ3) is 45.3. The molecule has 0 aliphatic rings. The molecule has 0 aliphatic heterocycles. The number of carbonyl (C=O) groups excluding carboxylic acids is 5. The molecule has 0 saturated heterocycles. The number of carboxylic acid groups (broad SMARTS) is 3. The zero-order valence-corrected chi connectivity index (χ0v) is 23.0. The molecule has 40 heavy (non-hydrogen) atoms. The van der Waals surface area contributed by atoms with Gasteiger partial charge in [-0.1, -0.05) is 6.42 Å². The van der Waals surface area contributed by atoms with Gasteiger partial charge in [0.1, 0.15) is 18.1 Å². The third-order valence-electron chi connectivity index (χ3n) is 4.56. The minimum absolute atomic E-state index is 0. The number of hydrogen-bond donors (Lipinski definition) is 6. The first-order valence-corrected chi connectivity index (χ1v) is 12.5. The summed E-state index contributed by atoms with van der Waals surface area (Å²) in [6.45, 7) is 0.751. The Balaban J connectivity index is -0.000000135. The molecule has 0 spiro atoms. The number of Topliss-reactive ketones (excluding diaryl/α,β-unsaturated/α-hetero) is 1. The van der Waals surface area contributed by atoms with Crippen LogP contribution >= 0.6 is 0 Å². The second-order valence-corrected chi connectivity index (χ2v) is 8.19. The van der Waals surface area contributed by atoms with Crippen molar-refractivity contribution in [2.24, 2.45) is 0 Å². The SMILES string of the molecule is N.O=C([O-])CCC(=O)[C@@H]([O-])O.O=CCCCCC(=O)[O-].[NH3+]C(CCCC[O-])C(=O)[O-].[NH3+]CCCC[C@H]([NH3+])[C@@H]([O-])O. The molecule has 0 amide bonds. The fraction of sp³-hybridized carbons (Fsp3) is 0.783. The van der Waals surface area contributed by atoms with Crippen molar-refractivity contribution in [1.82, 2.24) is 6.15 Å². The van der Waals surface area contributed by atoms with Crippen molar-refractivity contribution in [3.8, 4) is 0 Å². The number of carbonyl (C=O) groups is 5. The average Bonchev–Trinajstić information content (AvgIpc) is 2.86. The van der Waals surface area contributed by atoms with Crippen LogP contribution in [0.5, 0.6) is 0 Å². The molecule has 17 nitrogen and oxygen atoms in total. The lowest BCUT2D eigenvalue weighted by Crippen LogP contribution is -2.69. The monoisotopic (exact) mass is 587 g/mol. The van der Waals surface area contributed by atoms with Crippen molar-refractivity contribution >= 4 is 30.0 Å². The molecule has 0 aromatic rings. The minimum atomic E-state index is -2.32. The summed E-state index contributed by atoms with van der Waals surface area (Å²) in [6, 6.07) is -1.02. The fourth-order valence-electron chi connectivity index (χ4n) is 2.18. The van der Waals surface area contributed by atoms with Crippen LogP contribution in [0.15, 0.2) is 0 Å². The van der Waals surface area contributed by atoms with Crippen molar-refractivity contribution in [1.29, 1.82) is 0 Å². The van der Waals surface area contributed by atoms with E-state index in [1.807, 2.05) is 0 Å². The molecule has 240 valence electrons. The number of aldehydes is 1. The highest BCUT2D eigenvalue weighted by molar-refractivity contribution is 5.83. The van der Waals surface area contributed by atoms with E-state index in [2.05, 4.69) is 17.2 Å². The van der Waals surface area contributed by atoms with Crippen LogP contribution in [-0.2, 0) is 24.0 Å². The van der Waals surface area contributed by atoms with Gasteiger partial charge in [-0.2, -0.15) is 0 Å². The van der Waals surface area contributed by atoms with Crippen LogP contribution in [0.25, 0.3) is 0 Å². The smallest absolute Gasteiger partial charge is 0.145 e. The first kappa shape index (κ1) is 47.2. The number of unbranched alkanes of at least 4 members (excludes halogenated alkanes) is 4. The van der Waals surface area contributed by atoms with Gasteiger partial charge in [0.05, 0.1) is 18.6 Å². The Labute approximate surface area is 233 Å². The molecule has 0 aromatic carbocycles. The number of aliphatic carboxylic acids is 3. The first-order valence-electron chi connectivity index (χ1n) is 12.5. The summed E-state index contributed by atoms with van der Waals surface area (Å²) in [5, 5.41) is 76.0. The van der Waals surface area contributed by atoms with E-state index in [0.717, 1.165) is 25.7 Å². The lowest BCUT2D eigenvalue weighted by atomic mass is 10.1. The van der Waals surface area contributed by atoms with Crippen molar-refractivity contribution in [3.63, 3.8) is 0 Å². The Morgan fingerprint density at radius 1 is 0.775 bits per heavy atom. The number of carboxylic acids is 3. The van der Waals surface area contributed by atoms with E-state index in [-0.39, 0.29) is 25.2 Å². The second-order valence-electron chi connectivity index (χ2n) is 8.19. The zero-order chi connectivity index (χ0) is 31.2. The van der Waals surface area contributed by atoms with Crippen molar-refractivity contribution in [2.45, 2.75) is 102 Å². The third-order valence-corrected chi connectivity index (χ3v) is 4.56. The molecule has 0 fully saturated rings. The van der Waals surface area contributed by atoms with E-state index >= 15 is 0 Å². The molecule has 17 heteroatoms. The van der Waals surface area contributed by atoms with Gasteiger partial charge in [0.2, 0.25) is 0 Å². The standard InChI is InChI=1S/C6H15N2O2.C6H12NO3.C6H10O3.C5H7O5.H3N/c7-4-2-1-3-5(8)6(9)10;7-5(6(9)10)3-1-2-4-8;7-5-3-1-2-4-6(8)9;6-3(5(9)10)1-2-4(7)8;/h5-6,9H,1-4,7-8H2;5H,1-4,7H2,(H,9,10);5H,1-4H2,(H,8,9);5,9H,1-2H2,(H,7,8);1H3/q2*-1;;-1;/t5-,6+;;;5-;/m0..1./s1. The predicted molar refractivity (Wildman–Crippen MR) is 125 cm³/mol. The second kappa shape index (κ2) is 34.4. The topological polar surface area (TPSA) is 382 Å². The van der Waals surface area contributed by atoms with Gasteiger partial charge in [0.15, 0.2) is 0 Å². The van der Waals surface area contributed by atoms with Gasteiger partial charge in [-0.25, -0.2) is 0 Å². The summed E-state index contributed by atoms with van der Waals surface area (Å²) in [6.07, 6.45) is 1.95. The number of rotatable bonds is 19. The molecule has 0 aliphatic carbocycles. The van der Waals surface area contributed by atoms with Gasteiger partial charge in [-0.3, -0.25) is 4.79 Å². The molecule has 0 radical (unpaired) electrons. The number of aliphatic hydroxyl groups excluding tert-OH is 2. The van der Waals surface area contributed by atoms with Crippen LogP contribution in [0.3, 0.4) is 0 Å². The molecule has 0 saturated carbocycles. The molecule has 0 heterocycles. The minimum Gasteiger partial charge on any atom is -0.854 e. The lowest BCUT2D eigenvalue weighted by Gasteiger charge is -2.19. The summed E-state index contributed by atoms with van der Waals surface area (Å²) in [5.74, 6) is -4.61. The van der Waals surface area contributed by atoms with Gasteiger partial charge in [-0.15, -0.1) is 6.61 Å². The highest BCUT2D eigenvalue weighted by Crippen LogP contribution is 1.97. The molecular weight excluding hydrogens is 540 g/mol. The van der Waals surface area contributed by atoms with E-state index in [4.69, 9.17) is 10.2 Å². The predicted octanol–water partition coefficient (Wildman–Crippen LogP) is -10.0. The highest BCUT2D eigenvalue weighted by atomic mass is 16.5. The Kier molecular flexibility index (Phi) is 40.6. The van der Waals surface area contributed by atoms with E-state index in [1.54, 1.807) is 0 Å². The molecule has 0 aromatic heterocycles. The van der Waals surface area contributed by atoms with Gasteiger partial charge in [0, 0.05) is 50.2 Å². The number of quaternary nitrogens is 3. The Morgan fingerprint density at radius 3 is 1.68 bits per heavy atom. The van der Waals surface area contributed by atoms with Crippen molar-refractivity contribution in [2.75, 3.05) is 13.2 Å². The van der Waals surface area contributed by atoms with Crippen molar-refractivity contribution < 1.29 is 82.0 Å². The van der Waals surface area contributed by atoms with Gasteiger partial charge >= 0.3 is 0 Å². The quantitative estimate of drug-likeness (QED) is 0.0464. The Bertz CT molecular complexity index is 638. The molecule has 1 unspecified atom stereocenters. The number of ketones is 1. The van der Waals surface area contributed by atoms with E-state index in [1.165, 1.54) is 0 Å². The Hall–Kier alpha value is -2.61. The van der Waals surface area contributed by atoms with Gasteiger partial charge in [0.25, 0.3) is 0 Å². The van der Waals surface area contributed by atoms with Crippen LogP contribution in [0, 0.1) is 0 Å². The van der Waals surface area contributed by atoms with Crippen LogP contribution in [-0.4, -0.2) is 78.0 Å². The zero-order valence-electron chi connectivity index (χ0n) is 23.0. The number of aliphatic hydroxyl groups is 2. The summed E-state index contributed by atoms with van der Waals surface area (Å²) < 4.78 is 0. The van der Waals surface area contributed by atoms with Crippen molar-refractivity contribution in [3.05, 3.63) is 0 Å². The van der Waals surface area contributed by atoms with Crippen LogP contribution in [0.4, 0.5) is 0 Å². The van der Waals surface area contributed by atoms with Gasteiger partial charge in [-0.05, 0) is 44.9 Å². The normalized spacial score (nSPS) is 12.6. The fourth-order valence-corrected chi connectivity index (χ4v) is 2.18. The van der Waals surface area contributed by atoms with Gasteiger partial charge < -0.3 is 83.4 Å². The summed E-state index contributed by atoms with van der Waals surface area (Å²) >= 11 is 0. The summed E-state index contributed by atoms with van der Waals surface area (Å²) in [7, 11) is 0. The average molecular weight is 588 g/mol. The molecule has 0 rings (SSSR count). The maximum Gasteiger partial charge on any atom is 0.145 e. The van der Waals surface area contributed by atoms with E-state index < -0.39 is 55.2 Å². The lowest BCUT2D eigenvalue weighted by molar-refractivity contribution is -0.572. The maximum absolute atomic E-state index is 10.3. The van der Waals surface area contributed by atoms with Crippen LogP contribution in [0.1, 0.15) is 77.0 Å². The van der Waals surface area contributed by atoms with Crippen LogP contribution < -0.4 is 54.0 Å². The largest absolute Gasteiger partial charge is 0.854 e. The van der Waals surface area contributed by atoms with E-state index in [9.17, 15) is 54.6 Å². The molecule has 14 N–H and O–H groups in total. The van der Waals surface area contributed by atoms with E-state index in [0.29, 0.717) is 44.9 Å². The number of hydrogen-bond acceptors (Lipinski definition) is 14. The first-order chi connectivity index (χ1) is 18.2. The molecular formula is C23H47N4O13-3. The highest BCUT2D eigenvalue weighted by Gasteiger charge is 2.06. The summed E-state index contributed by atoms with van der Waals surface area (Å²) in [4.78, 5) is 49.4. The molecule has 0 bridgehead atoms. The summed E-state index contributed by atoms with van der Waals surface area (Å²) in [5.41, 5.74) is 10.5. The Morgan fingerprint density at radius 2 is 1.30 bits per heavy atom. The maximum atomic E-state index is 10.3. The van der Waals surface area contributed by atoms with Crippen LogP contribution in [0.2, 0.25) is 0 Å².